The summed E-state index contributed by atoms with van der Waals surface area (Å²) in [5, 5.41) is 1.11. The molecule has 2 aromatic rings. The topological polar surface area (TPSA) is 51.3 Å². The normalized spacial score (nSPS) is 12.3. The van der Waals surface area contributed by atoms with E-state index in [1.54, 1.807) is 7.11 Å². The first kappa shape index (κ1) is 14.4. The van der Waals surface area contributed by atoms with Crippen LogP contribution in [0.4, 0.5) is 0 Å². The minimum absolute atomic E-state index is 0.142. The van der Waals surface area contributed by atoms with Crippen molar-refractivity contribution in [1.29, 1.82) is 0 Å². The summed E-state index contributed by atoms with van der Waals surface area (Å²) < 4.78 is 10.3. The average molecular weight is 275 g/mol. The summed E-state index contributed by atoms with van der Waals surface area (Å²) in [6.45, 7) is 4.34. The number of esters is 1. The molecular weight excluding hydrogens is 254 g/mol. The molecule has 0 radical (unpaired) electrons. The monoisotopic (exact) mass is 275 g/mol. The predicted molar refractivity (Wildman–Crippen MR) is 79.1 cm³/mol. The number of ether oxygens (including phenoxy) is 2. The Balaban J connectivity index is 2.31. The molecule has 0 fully saturated rings. The number of nitrogens with one attached hydrogen (secondary N) is 1. The Labute approximate surface area is 119 Å². The summed E-state index contributed by atoms with van der Waals surface area (Å²) in [6.07, 6.45) is 3.29. The van der Waals surface area contributed by atoms with Crippen LogP contribution >= 0.6 is 0 Å². The largest absolute Gasteiger partial charge is 0.497 e. The number of methoxy groups -OCH3 is 1. The molecule has 0 aliphatic carbocycles. The van der Waals surface area contributed by atoms with Crippen molar-refractivity contribution in [3.8, 4) is 5.75 Å². The van der Waals surface area contributed by atoms with Gasteiger partial charge in [0.1, 0.15) is 5.75 Å². The highest BCUT2D eigenvalue weighted by Gasteiger charge is 2.18. The van der Waals surface area contributed by atoms with E-state index >= 15 is 0 Å². The molecule has 1 atom stereocenters. The third kappa shape index (κ3) is 2.95. The maximum atomic E-state index is 11.7. The Kier molecular flexibility index (Phi) is 4.66. The Bertz CT molecular complexity index is 588. The van der Waals surface area contributed by atoms with Crippen molar-refractivity contribution >= 4 is 16.9 Å². The van der Waals surface area contributed by atoms with E-state index in [9.17, 15) is 4.79 Å². The molecule has 1 aromatic heterocycles. The number of hydrogen-bond donors (Lipinski definition) is 1. The molecule has 1 heterocycles. The zero-order valence-corrected chi connectivity index (χ0v) is 12.2. The van der Waals surface area contributed by atoms with E-state index in [2.05, 4.69) is 11.9 Å². The van der Waals surface area contributed by atoms with Crippen LogP contribution in [-0.4, -0.2) is 24.7 Å². The van der Waals surface area contributed by atoms with Crippen LogP contribution in [0.5, 0.6) is 5.75 Å². The molecule has 108 valence electrons. The van der Waals surface area contributed by atoms with E-state index < -0.39 is 0 Å². The van der Waals surface area contributed by atoms with Gasteiger partial charge in [0.15, 0.2) is 0 Å². The highest BCUT2D eigenvalue weighted by atomic mass is 16.5. The highest BCUT2D eigenvalue weighted by molar-refractivity contribution is 5.86. The summed E-state index contributed by atoms with van der Waals surface area (Å²) in [4.78, 5) is 15.0. The second-order valence-electron chi connectivity index (χ2n) is 4.77. The molecule has 0 aliphatic rings. The Hall–Kier alpha value is -1.97. The number of benzene rings is 1. The maximum absolute atomic E-state index is 11.7. The van der Waals surface area contributed by atoms with E-state index in [1.165, 1.54) is 0 Å². The van der Waals surface area contributed by atoms with Gasteiger partial charge in [0, 0.05) is 17.1 Å². The van der Waals surface area contributed by atoms with Crippen molar-refractivity contribution < 1.29 is 14.3 Å². The molecular formula is C16H21NO3. The van der Waals surface area contributed by atoms with Crippen LogP contribution in [0.25, 0.3) is 10.9 Å². The molecule has 1 aromatic carbocycles. The van der Waals surface area contributed by atoms with E-state index in [0.717, 1.165) is 28.6 Å². The molecule has 0 spiro atoms. The van der Waals surface area contributed by atoms with Crippen LogP contribution in [0.2, 0.25) is 0 Å². The van der Waals surface area contributed by atoms with Crippen LogP contribution in [0.3, 0.4) is 0 Å². The number of rotatable bonds is 6. The fourth-order valence-corrected chi connectivity index (χ4v) is 2.48. The lowest BCUT2D eigenvalue weighted by Gasteiger charge is -2.13. The molecule has 2 rings (SSSR count). The van der Waals surface area contributed by atoms with Crippen molar-refractivity contribution in [3.05, 3.63) is 30.0 Å². The molecule has 1 N–H and O–H groups in total. The van der Waals surface area contributed by atoms with Gasteiger partial charge in [0.05, 0.1) is 20.1 Å². The van der Waals surface area contributed by atoms with Crippen LogP contribution in [-0.2, 0) is 9.53 Å². The number of carbonyl (C=O) groups is 1. The molecule has 0 aliphatic heterocycles. The van der Waals surface area contributed by atoms with Gasteiger partial charge in [-0.25, -0.2) is 0 Å². The second kappa shape index (κ2) is 6.46. The summed E-state index contributed by atoms with van der Waals surface area (Å²) in [5.41, 5.74) is 2.21. The van der Waals surface area contributed by atoms with Gasteiger partial charge in [-0.1, -0.05) is 6.92 Å². The van der Waals surface area contributed by atoms with Gasteiger partial charge < -0.3 is 14.5 Å². The van der Waals surface area contributed by atoms with Crippen LogP contribution in [0.15, 0.2) is 24.4 Å². The first-order chi connectivity index (χ1) is 9.69. The SMILES string of the molecule is CCOC(=O)CC(CC)c1c[nH]c2ccc(OC)cc12. The third-order valence-corrected chi connectivity index (χ3v) is 3.57. The average Bonchev–Trinajstić information content (AvgIpc) is 2.87. The maximum Gasteiger partial charge on any atom is 0.306 e. The first-order valence-electron chi connectivity index (χ1n) is 7.00. The van der Waals surface area contributed by atoms with Crippen molar-refractivity contribution in [2.24, 2.45) is 0 Å². The Morgan fingerprint density at radius 3 is 2.80 bits per heavy atom. The van der Waals surface area contributed by atoms with Gasteiger partial charge in [-0.15, -0.1) is 0 Å². The lowest BCUT2D eigenvalue weighted by Crippen LogP contribution is -2.09. The van der Waals surface area contributed by atoms with Crippen LogP contribution < -0.4 is 4.74 Å². The van der Waals surface area contributed by atoms with Crippen molar-refractivity contribution in [3.63, 3.8) is 0 Å². The van der Waals surface area contributed by atoms with Crippen LogP contribution in [0.1, 0.15) is 38.2 Å². The van der Waals surface area contributed by atoms with Gasteiger partial charge in [0.25, 0.3) is 0 Å². The summed E-state index contributed by atoms with van der Waals surface area (Å²) >= 11 is 0. The van der Waals surface area contributed by atoms with E-state index in [0.29, 0.717) is 13.0 Å². The van der Waals surface area contributed by atoms with Gasteiger partial charge in [-0.05, 0) is 43.0 Å². The number of carbonyl (C=O) groups excluding carboxylic acids is 1. The van der Waals surface area contributed by atoms with Crippen molar-refractivity contribution in [2.75, 3.05) is 13.7 Å². The van der Waals surface area contributed by atoms with Crippen molar-refractivity contribution in [2.45, 2.75) is 32.6 Å². The fourth-order valence-electron chi connectivity index (χ4n) is 2.48. The quantitative estimate of drug-likeness (QED) is 0.819. The molecule has 1 unspecified atom stereocenters. The van der Waals surface area contributed by atoms with Gasteiger partial charge in [0.2, 0.25) is 0 Å². The van der Waals surface area contributed by atoms with Crippen LogP contribution in [0, 0.1) is 0 Å². The smallest absolute Gasteiger partial charge is 0.306 e. The standard InChI is InChI=1S/C16H21NO3/c1-4-11(8-16(18)20-5-2)14-10-17-15-7-6-12(19-3)9-13(14)15/h6-7,9-11,17H,4-5,8H2,1-3H3. The lowest BCUT2D eigenvalue weighted by molar-refractivity contribution is -0.143. The zero-order valence-electron chi connectivity index (χ0n) is 12.2. The Morgan fingerprint density at radius 1 is 1.35 bits per heavy atom. The lowest BCUT2D eigenvalue weighted by atomic mass is 9.93. The molecule has 20 heavy (non-hydrogen) atoms. The van der Waals surface area contributed by atoms with E-state index in [-0.39, 0.29) is 11.9 Å². The summed E-state index contributed by atoms with van der Waals surface area (Å²) in [5.74, 6) is 0.843. The summed E-state index contributed by atoms with van der Waals surface area (Å²) in [7, 11) is 1.66. The molecule has 4 heteroatoms. The van der Waals surface area contributed by atoms with Gasteiger partial charge in [-0.3, -0.25) is 4.79 Å². The van der Waals surface area contributed by atoms with Crippen molar-refractivity contribution in [1.82, 2.24) is 4.98 Å². The molecule has 4 nitrogen and oxygen atoms in total. The predicted octanol–water partition coefficient (Wildman–Crippen LogP) is 3.62. The minimum Gasteiger partial charge on any atom is -0.497 e. The molecule has 0 saturated carbocycles. The number of aromatic nitrogens is 1. The number of fused-ring (bicyclic) bond motifs is 1. The molecule has 0 bridgehead atoms. The number of H-pyrrole nitrogens is 1. The molecule has 0 saturated heterocycles. The van der Waals surface area contributed by atoms with Gasteiger partial charge in [-0.2, -0.15) is 0 Å². The number of aromatic amines is 1. The number of hydrogen-bond acceptors (Lipinski definition) is 3. The third-order valence-electron chi connectivity index (χ3n) is 3.57. The van der Waals surface area contributed by atoms with E-state index in [1.807, 2.05) is 31.3 Å². The first-order valence-corrected chi connectivity index (χ1v) is 7.00. The fraction of sp³-hybridized carbons (Fsp3) is 0.438. The second-order valence-corrected chi connectivity index (χ2v) is 4.77. The zero-order chi connectivity index (χ0) is 14.5. The highest BCUT2D eigenvalue weighted by Crippen LogP contribution is 2.32. The van der Waals surface area contributed by atoms with E-state index in [4.69, 9.17) is 9.47 Å². The Morgan fingerprint density at radius 2 is 2.15 bits per heavy atom. The minimum atomic E-state index is -0.142. The molecule has 0 amide bonds. The summed E-state index contributed by atoms with van der Waals surface area (Å²) in [6, 6.07) is 5.93. The van der Waals surface area contributed by atoms with Gasteiger partial charge >= 0.3 is 5.97 Å².